The topological polar surface area (TPSA) is 77.3 Å². The first-order valence-electron chi connectivity index (χ1n) is 9.90. The van der Waals surface area contributed by atoms with E-state index in [2.05, 4.69) is 21.2 Å². The van der Waals surface area contributed by atoms with E-state index in [4.69, 9.17) is 16.3 Å². The lowest BCUT2D eigenvalue weighted by molar-refractivity contribution is 0.122. The van der Waals surface area contributed by atoms with Crippen LogP contribution < -0.4 is 4.90 Å². The molecule has 0 N–H and O–H groups in total. The summed E-state index contributed by atoms with van der Waals surface area (Å²) in [5.74, 6) is 1.10. The average molecular weight is 479 g/mol. The van der Waals surface area contributed by atoms with Gasteiger partial charge in [0.25, 0.3) is 0 Å². The van der Waals surface area contributed by atoms with E-state index in [0.29, 0.717) is 29.1 Å². The van der Waals surface area contributed by atoms with Crippen molar-refractivity contribution in [1.29, 1.82) is 0 Å². The van der Waals surface area contributed by atoms with Crippen LogP contribution in [0.3, 0.4) is 0 Å². The highest BCUT2D eigenvalue weighted by Crippen LogP contribution is 2.28. The van der Waals surface area contributed by atoms with Crippen LogP contribution in [0.15, 0.2) is 58.6 Å². The molecule has 0 unspecified atom stereocenters. The highest BCUT2D eigenvalue weighted by molar-refractivity contribution is 8.00. The summed E-state index contributed by atoms with van der Waals surface area (Å²) in [6.45, 7) is 4.79. The summed E-state index contributed by atoms with van der Waals surface area (Å²) in [6, 6.07) is 14.4. The van der Waals surface area contributed by atoms with Crippen LogP contribution >= 0.6 is 23.4 Å². The zero-order chi connectivity index (χ0) is 21.8. The van der Waals surface area contributed by atoms with Crippen molar-refractivity contribution in [2.45, 2.75) is 17.0 Å². The van der Waals surface area contributed by atoms with Crippen LogP contribution in [0, 0.1) is 6.92 Å². The Kier molecular flexibility index (Phi) is 6.86. The van der Waals surface area contributed by atoms with Crippen LogP contribution in [0.4, 0.5) is 5.95 Å². The maximum atomic E-state index is 12.7. The highest BCUT2D eigenvalue weighted by Gasteiger charge is 2.23. The molecule has 1 fully saturated rings. The number of ether oxygens (including phenoxy) is 1. The van der Waals surface area contributed by atoms with Crippen LogP contribution in [-0.2, 0) is 14.6 Å². The first kappa shape index (κ1) is 22.1. The molecule has 10 heteroatoms. The van der Waals surface area contributed by atoms with Gasteiger partial charge in [-0.1, -0.05) is 35.5 Å². The second-order valence-corrected chi connectivity index (χ2v) is 10.8. The molecule has 0 atom stereocenters. The van der Waals surface area contributed by atoms with Crippen molar-refractivity contribution in [3.8, 4) is 5.69 Å². The molecule has 0 spiro atoms. The lowest BCUT2D eigenvalue weighted by Gasteiger charge is -2.28. The van der Waals surface area contributed by atoms with Crippen molar-refractivity contribution >= 4 is 39.1 Å². The molecule has 1 aliphatic rings. The quantitative estimate of drug-likeness (QED) is 0.480. The van der Waals surface area contributed by atoms with Crippen LogP contribution in [0.5, 0.6) is 0 Å². The monoisotopic (exact) mass is 478 g/mol. The van der Waals surface area contributed by atoms with Crippen molar-refractivity contribution < 1.29 is 13.2 Å². The standard InChI is InChI=1S/C21H23ClN4O3S2/c1-16-3-2-4-18(15-16)26-20(25-9-11-29-12-10-25)23-24-21(26)30-13-14-31(27,28)19-7-5-17(22)6-8-19/h2-8,15H,9-14H2,1H3. The summed E-state index contributed by atoms with van der Waals surface area (Å²) in [5, 5.41) is 9.98. The van der Waals surface area contributed by atoms with Crippen LogP contribution in [0.25, 0.3) is 5.69 Å². The smallest absolute Gasteiger partial charge is 0.232 e. The molecule has 0 amide bonds. The third-order valence-corrected chi connectivity index (χ3v) is 8.10. The summed E-state index contributed by atoms with van der Waals surface area (Å²) in [6.07, 6.45) is 0. The van der Waals surface area contributed by atoms with E-state index in [1.54, 1.807) is 12.1 Å². The molecule has 31 heavy (non-hydrogen) atoms. The minimum Gasteiger partial charge on any atom is -0.378 e. The van der Waals surface area contributed by atoms with E-state index in [1.165, 1.54) is 23.9 Å². The molecule has 0 radical (unpaired) electrons. The largest absolute Gasteiger partial charge is 0.378 e. The fraction of sp³-hybridized carbons (Fsp3) is 0.333. The number of hydrogen-bond donors (Lipinski definition) is 0. The first-order chi connectivity index (χ1) is 14.9. The van der Waals surface area contributed by atoms with E-state index in [-0.39, 0.29) is 10.6 Å². The zero-order valence-electron chi connectivity index (χ0n) is 17.1. The number of hydrogen-bond acceptors (Lipinski definition) is 7. The predicted molar refractivity (Wildman–Crippen MR) is 123 cm³/mol. The Morgan fingerprint density at radius 3 is 2.55 bits per heavy atom. The molecule has 2 aromatic carbocycles. The number of halogens is 1. The predicted octanol–water partition coefficient (Wildman–Crippen LogP) is 3.63. The zero-order valence-corrected chi connectivity index (χ0v) is 19.5. The fourth-order valence-electron chi connectivity index (χ4n) is 3.32. The molecule has 0 bridgehead atoms. The lowest BCUT2D eigenvalue weighted by atomic mass is 10.2. The molecule has 1 aromatic heterocycles. The summed E-state index contributed by atoms with van der Waals surface area (Å²) in [7, 11) is -3.41. The number of aromatic nitrogens is 3. The molecule has 164 valence electrons. The Morgan fingerprint density at radius 2 is 1.84 bits per heavy atom. The van der Waals surface area contributed by atoms with E-state index in [1.807, 2.05) is 29.7 Å². The molecule has 2 heterocycles. The minimum atomic E-state index is -3.41. The molecule has 3 aromatic rings. The molecule has 0 aliphatic carbocycles. The van der Waals surface area contributed by atoms with Crippen molar-refractivity contribution in [3.05, 3.63) is 59.1 Å². The molecule has 1 aliphatic heterocycles. The normalized spacial score (nSPS) is 14.7. The van der Waals surface area contributed by atoms with Crippen molar-refractivity contribution in [1.82, 2.24) is 14.8 Å². The average Bonchev–Trinajstić information content (AvgIpc) is 3.18. The van der Waals surface area contributed by atoms with Gasteiger partial charge in [-0.05, 0) is 48.9 Å². The molecule has 4 rings (SSSR count). The Morgan fingerprint density at radius 1 is 1.10 bits per heavy atom. The van der Waals surface area contributed by atoms with Gasteiger partial charge in [0.05, 0.1) is 29.5 Å². The highest BCUT2D eigenvalue weighted by atomic mass is 35.5. The van der Waals surface area contributed by atoms with E-state index < -0.39 is 9.84 Å². The van der Waals surface area contributed by atoms with E-state index in [0.717, 1.165) is 30.3 Å². The molecule has 0 saturated carbocycles. The second kappa shape index (κ2) is 9.60. The summed E-state index contributed by atoms with van der Waals surface area (Å²) in [4.78, 5) is 2.42. The number of rotatable bonds is 7. The third-order valence-electron chi connectivity index (χ3n) is 4.93. The van der Waals surface area contributed by atoms with Gasteiger partial charge in [-0.2, -0.15) is 0 Å². The number of sulfone groups is 1. The molecular weight excluding hydrogens is 456 g/mol. The molecule has 1 saturated heterocycles. The maximum absolute atomic E-state index is 12.7. The Labute approximate surface area is 191 Å². The molecular formula is C21H23ClN4O3S2. The lowest BCUT2D eigenvalue weighted by Crippen LogP contribution is -2.37. The van der Waals surface area contributed by atoms with Gasteiger partial charge in [-0.15, -0.1) is 10.2 Å². The van der Waals surface area contributed by atoms with Gasteiger partial charge >= 0.3 is 0 Å². The SMILES string of the molecule is Cc1cccc(-n2c(SCCS(=O)(=O)c3ccc(Cl)cc3)nnc2N2CCOCC2)c1. The Bertz CT molecular complexity index is 1140. The second-order valence-electron chi connectivity index (χ2n) is 7.18. The van der Waals surface area contributed by atoms with Gasteiger partial charge in [0.1, 0.15) is 0 Å². The number of benzene rings is 2. The first-order valence-corrected chi connectivity index (χ1v) is 12.9. The van der Waals surface area contributed by atoms with Gasteiger partial charge in [0.2, 0.25) is 5.95 Å². The van der Waals surface area contributed by atoms with Gasteiger partial charge in [0.15, 0.2) is 15.0 Å². The fourth-order valence-corrected chi connectivity index (χ4v) is 6.04. The number of aryl methyl sites for hydroxylation is 1. The number of nitrogens with zero attached hydrogens (tertiary/aromatic N) is 4. The van der Waals surface area contributed by atoms with E-state index >= 15 is 0 Å². The van der Waals surface area contributed by atoms with Gasteiger partial charge in [0, 0.05) is 23.9 Å². The summed E-state index contributed by atoms with van der Waals surface area (Å²) < 4.78 is 32.8. The summed E-state index contributed by atoms with van der Waals surface area (Å²) in [5.41, 5.74) is 2.08. The van der Waals surface area contributed by atoms with Gasteiger partial charge < -0.3 is 9.64 Å². The third kappa shape index (κ3) is 5.23. The summed E-state index contributed by atoms with van der Waals surface area (Å²) >= 11 is 7.25. The van der Waals surface area contributed by atoms with Crippen LogP contribution in [0.1, 0.15) is 5.56 Å². The van der Waals surface area contributed by atoms with E-state index in [9.17, 15) is 8.42 Å². The number of morpholine rings is 1. The van der Waals surface area contributed by atoms with Gasteiger partial charge in [-0.25, -0.2) is 8.42 Å². The van der Waals surface area contributed by atoms with Crippen molar-refractivity contribution in [3.63, 3.8) is 0 Å². The molecule has 7 nitrogen and oxygen atoms in total. The van der Waals surface area contributed by atoms with Gasteiger partial charge in [-0.3, -0.25) is 4.57 Å². The number of thioether (sulfide) groups is 1. The minimum absolute atomic E-state index is 0.00708. The van der Waals surface area contributed by atoms with Crippen molar-refractivity contribution in [2.24, 2.45) is 0 Å². The Balaban J connectivity index is 1.56. The Hall–Kier alpha value is -2.07. The van der Waals surface area contributed by atoms with Crippen LogP contribution in [-0.4, -0.2) is 61.0 Å². The van der Waals surface area contributed by atoms with Crippen LogP contribution in [0.2, 0.25) is 5.02 Å². The van der Waals surface area contributed by atoms with Crippen molar-refractivity contribution in [2.75, 3.05) is 42.7 Å². The maximum Gasteiger partial charge on any atom is 0.232 e. The number of anilines is 1.